The molecule has 0 atom stereocenters. The van der Waals surface area contributed by atoms with Crippen molar-refractivity contribution < 1.29 is 18.3 Å². The molecule has 1 heterocycles. The van der Waals surface area contributed by atoms with Gasteiger partial charge in [-0.3, -0.25) is 4.79 Å². The Morgan fingerprint density at radius 2 is 2.24 bits per heavy atom. The zero-order chi connectivity index (χ0) is 12.7. The maximum Gasteiger partial charge on any atom is 0.309 e. The van der Waals surface area contributed by atoms with Crippen molar-refractivity contribution in [1.29, 1.82) is 0 Å². The van der Waals surface area contributed by atoms with Crippen LogP contribution in [0.1, 0.15) is 30.0 Å². The van der Waals surface area contributed by atoms with Crippen LogP contribution in [-0.2, 0) is 25.8 Å². The molecular weight excluding hydrogens is 262 g/mol. The van der Waals surface area contributed by atoms with Gasteiger partial charge in [0.1, 0.15) is 9.75 Å². The zero-order valence-corrected chi connectivity index (χ0v) is 11.0. The SMILES string of the molecule is CS(=O)(=O)C1(c2nc(CC(=O)O)cs2)CCC1. The lowest BCUT2D eigenvalue weighted by Gasteiger charge is -2.37. The van der Waals surface area contributed by atoms with Crippen molar-refractivity contribution in [3.63, 3.8) is 0 Å². The fraction of sp³-hybridized carbons (Fsp3) is 0.600. The van der Waals surface area contributed by atoms with E-state index >= 15 is 0 Å². The van der Waals surface area contributed by atoms with Crippen LogP contribution in [-0.4, -0.2) is 30.7 Å². The Hall–Kier alpha value is -0.950. The maximum atomic E-state index is 11.8. The monoisotopic (exact) mass is 275 g/mol. The number of rotatable bonds is 4. The molecule has 94 valence electrons. The maximum absolute atomic E-state index is 11.8. The Kier molecular flexibility index (Phi) is 2.99. The van der Waals surface area contributed by atoms with Crippen LogP contribution in [0.2, 0.25) is 0 Å². The summed E-state index contributed by atoms with van der Waals surface area (Å²) in [5.74, 6) is -0.955. The Morgan fingerprint density at radius 3 is 2.65 bits per heavy atom. The highest BCUT2D eigenvalue weighted by molar-refractivity contribution is 7.91. The molecule has 5 nitrogen and oxygen atoms in total. The second-order valence-corrected chi connectivity index (χ2v) is 7.52. The van der Waals surface area contributed by atoms with Gasteiger partial charge in [0.15, 0.2) is 9.84 Å². The quantitative estimate of drug-likeness (QED) is 0.892. The Morgan fingerprint density at radius 1 is 1.59 bits per heavy atom. The highest BCUT2D eigenvalue weighted by atomic mass is 32.2. The number of carbonyl (C=O) groups is 1. The van der Waals surface area contributed by atoms with Crippen LogP contribution in [0.5, 0.6) is 0 Å². The van der Waals surface area contributed by atoms with Gasteiger partial charge in [-0.15, -0.1) is 11.3 Å². The molecule has 1 aromatic heterocycles. The number of sulfone groups is 1. The molecule has 2 rings (SSSR count). The third kappa shape index (κ3) is 2.09. The minimum absolute atomic E-state index is 0.156. The third-order valence-electron chi connectivity index (χ3n) is 3.14. The van der Waals surface area contributed by atoms with E-state index < -0.39 is 20.6 Å². The third-order valence-corrected chi connectivity index (χ3v) is 6.39. The summed E-state index contributed by atoms with van der Waals surface area (Å²) >= 11 is 1.25. The van der Waals surface area contributed by atoms with Crippen molar-refractivity contribution >= 4 is 27.1 Å². The summed E-state index contributed by atoms with van der Waals surface area (Å²) in [7, 11) is -3.20. The van der Waals surface area contributed by atoms with Gasteiger partial charge in [-0.1, -0.05) is 0 Å². The zero-order valence-electron chi connectivity index (χ0n) is 9.34. The van der Waals surface area contributed by atoms with E-state index in [-0.39, 0.29) is 6.42 Å². The van der Waals surface area contributed by atoms with Crippen LogP contribution in [0, 0.1) is 0 Å². The summed E-state index contributed by atoms with van der Waals surface area (Å²) in [6, 6.07) is 0. The van der Waals surface area contributed by atoms with Gasteiger partial charge in [-0.2, -0.15) is 0 Å². The van der Waals surface area contributed by atoms with Gasteiger partial charge < -0.3 is 5.11 Å². The molecule has 1 aliphatic rings. The highest BCUT2D eigenvalue weighted by Gasteiger charge is 2.50. The predicted octanol–water partition coefficient (Wildman–Crippen LogP) is 1.19. The molecule has 0 unspecified atom stereocenters. The van der Waals surface area contributed by atoms with Crippen molar-refractivity contribution in [2.24, 2.45) is 0 Å². The lowest BCUT2D eigenvalue weighted by molar-refractivity contribution is -0.136. The van der Waals surface area contributed by atoms with E-state index in [1.165, 1.54) is 17.6 Å². The smallest absolute Gasteiger partial charge is 0.309 e. The van der Waals surface area contributed by atoms with Gasteiger partial charge in [0.05, 0.1) is 12.1 Å². The van der Waals surface area contributed by atoms with E-state index in [4.69, 9.17) is 5.11 Å². The molecular formula is C10H13NO4S2. The molecule has 1 N–H and O–H groups in total. The van der Waals surface area contributed by atoms with E-state index in [0.29, 0.717) is 23.5 Å². The fourth-order valence-electron chi connectivity index (χ4n) is 1.99. The molecule has 0 saturated heterocycles. The first kappa shape index (κ1) is 12.5. The summed E-state index contributed by atoms with van der Waals surface area (Å²) in [5.41, 5.74) is 0.437. The van der Waals surface area contributed by atoms with Gasteiger partial charge >= 0.3 is 5.97 Å². The molecule has 0 amide bonds. The van der Waals surface area contributed by atoms with Crippen LogP contribution < -0.4 is 0 Å². The summed E-state index contributed by atoms with van der Waals surface area (Å²) in [6.45, 7) is 0. The first-order valence-electron chi connectivity index (χ1n) is 5.21. The predicted molar refractivity (Wildman–Crippen MR) is 63.8 cm³/mol. The number of carboxylic acids is 1. The van der Waals surface area contributed by atoms with Crippen molar-refractivity contribution in [2.75, 3.05) is 6.26 Å². The highest BCUT2D eigenvalue weighted by Crippen LogP contribution is 2.48. The molecule has 1 saturated carbocycles. The topological polar surface area (TPSA) is 84.3 Å². The molecule has 0 aliphatic heterocycles. The Bertz CT molecular complexity index is 542. The summed E-state index contributed by atoms with van der Waals surface area (Å²) in [5, 5.41) is 10.8. The van der Waals surface area contributed by atoms with Crippen LogP contribution in [0.3, 0.4) is 0 Å². The normalized spacial score (nSPS) is 18.6. The first-order chi connectivity index (χ1) is 7.85. The van der Waals surface area contributed by atoms with E-state index in [1.807, 2.05) is 0 Å². The van der Waals surface area contributed by atoms with Crippen molar-refractivity contribution in [1.82, 2.24) is 4.98 Å². The number of nitrogens with zero attached hydrogens (tertiary/aromatic N) is 1. The van der Waals surface area contributed by atoms with Gasteiger partial charge in [0.25, 0.3) is 0 Å². The first-order valence-corrected chi connectivity index (χ1v) is 7.98. The average Bonchev–Trinajstić information content (AvgIpc) is 2.46. The van der Waals surface area contributed by atoms with Crippen molar-refractivity contribution in [3.8, 4) is 0 Å². The number of hydrogen-bond donors (Lipinski definition) is 1. The Labute approximate surface area is 103 Å². The van der Waals surface area contributed by atoms with Crippen molar-refractivity contribution in [2.45, 2.75) is 30.4 Å². The van der Waals surface area contributed by atoms with E-state index in [1.54, 1.807) is 5.38 Å². The molecule has 1 aromatic rings. The van der Waals surface area contributed by atoms with Crippen LogP contribution in [0.25, 0.3) is 0 Å². The number of hydrogen-bond acceptors (Lipinski definition) is 5. The largest absolute Gasteiger partial charge is 0.481 e. The molecule has 1 fully saturated rings. The number of aliphatic carboxylic acids is 1. The molecule has 1 aliphatic carbocycles. The van der Waals surface area contributed by atoms with Crippen LogP contribution in [0.4, 0.5) is 0 Å². The van der Waals surface area contributed by atoms with Gasteiger partial charge in [0.2, 0.25) is 0 Å². The van der Waals surface area contributed by atoms with Crippen LogP contribution >= 0.6 is 11.3 Å². The second kappa shape index (κ2) is 4.06. The van der Waals surface area contributed by atoms with Gasteiger partial charge in [-0.25, -0.2) is 13.4 Å². The standard InChI is InChI=1S/C10H13NO4S2/c1-17(14,15)10(3-2-4-10)9-11-7(6-16-9)5-8(12)13/h6H,2-5H2,1H3,(H,12,13). The lowest BCUT2D eigenvalue weighted by atomic mass is 9.85. The van der Waals surface area contributed by atoms with E-state index in [9.17, 15) is 13.2 Å². The Balaban J connectivity index is 2.33. The minimum atomic E-state index is -3.20. The van der Waals surface area contributed by atoms with Crippen molar-refractivity contribution in [3.05, 3.63) is 16.1 Å². The van der Waals surface area contributed by atoms with Crippen LogP contribution in [0.15, 0.2) is 5.38 Å². The molecule has 0 aromatic carbocycles. The fourth-order valence-corrected chi connectivity index (χ4v) is 4.96. The molecule has 0 radical (unpaired) electrons. The summed E-state index contributed by atoms with van der Waals surface area (Å²) in [4.78, 5) is 14.7. The molecule has 0 spiro atoms. The summed E-state index contributed by atoms with van der Waals surface area (Å²) in [6.07, 6.45) is 3.12. The molecule has 0 bridgehead atoms. The summed E-state index contributed by atoms with van der Waals surface area (Å²) < 4.78 is 22.8. The number of carboxylic acid groups (broad SMARTS) is 1. The minimum Gasteiger partial charge on any atom is -0.481 e. The molecule has 17 heavy (non-hydrogen) atoms. The second-order valence-electron chi connectivity index (χ2n) is 4.33. The van der Waals surface area contributed by atoms with E-state index in [0.717, 1.165) is 6.42 Å². The lowest BCUT2D eigenvalue weighted by Crippen LogP contribution is -2.41. The number of aromatic nitrogens is 1. The average molecular weight is 275 g/mol. The van der Waals surface area contributed by atoms with E-state index in [2.05, 4.69) is 4.98 Å². The van der Waals surface area contributed by atoms with Gasteiger partial charge in [0, 0.05) is 11.6 Å². The molecule has 7 heteroatoms. The number of thiazole rings is 1. The van der Waals surface area contributed by atoms with Gasteiger partial charge in [-0.05, 0) is 19.3 Å².